The summed E-state index contributed by atoms with van der Waals surface area (Å²) >= 11 is 0. The van der Waals surface area contributed by atoms with E-state index < -0.39 is 12.0 Å². The molecule has 0 radical (unpaired) electrons. The topological polar surface area (TPSA) is 58.6 Å². The predicted octanol–water partition coefficient (Wildman–Crippen LogP) is 2.93. The number of carbonyl (C=O) groups is 1. The van der Waals surface area contributed by atoms with E-state index >= 15 is 0 Å². The van der Waals surface area contributed by atoms with Crippen LogP contribution in [0.2, 0.25) is 0 Å². The van der Waals surface area contributed by atoms with E-state index in [4.69, 9.17) is 4.74 Å². The smallest absolute Gasteiger partial charge is 0.330 e. The zero-order chi connectivity index (χ0) is 13.7. The monoisotopic (exact) mass is 257 g/mol. The number of rotatable bonds is 5. The van der Waals surface area contributed by atoms with Gasteiger partial charge in [-0.2, -0.15) is 0 Å². The van der Waals surface area contributed by atoms with E-state index in [1.807, 2.05) is 30.3 Å². The Bertz CT molecular complexity index is 537. The lowest BCUT2D eigenvalue weighted by Gasteiger charge is -2.16. The number of anilines is 1. The van der Waals surface area contributed by atoms with Gasteiger partial charge in [-0.15, -0.1) is 0 Å². The molecule has 0 heterocycles. The summed E-state index contributed by atoms with van der Waals surface area (Å²) in [6.07, 6.45) is 0. The number of aliphatic carboxylic acids is 1. The van der Waals surface area contributed by atoms with Gasteiger partial charge in [-0.1, -0.05) is 30.3 Å². The fourth-order valence-electron chi connectivity index (χ4n) is 1.79. The molecule has 98 valence electrons. The summed E-state index contributed by atoms with van der Waals surface area (Å²) in [5.74, 6) is -0.221. The molecule has 2 rings (SSSR count). The molecule has 0 amide bonds. The number of methoxy groups -OCH3 is 1. The molecule has 0 bridgehead atoms. The van der Waals surface area contributed by atoms with Gasteiger partial charge in [0.2, 0.25) is 0 Å². The number of carboxylic acid groups (broad SMARTS) is 1. The van der Waals surface area contributed by atoms with Crippen LogP contribution >= 0.6 is 0 Å². The highest BCUT2D eigenvalue weighted by atomic mass is 16.5. The maximum atomic E-state index is 11.4. The largest absolute Gasteiger partial charge is 0.497 e. The fourth-order valence-corrected chi connectivity index (χ4v) is 1.79. The first-order valence-electron chi connectivity index (χ1n) is 5.89. The van der Waals surface area contributed by atoms with Crippen molar-refractivity contribution in [2.45, 2.75) is 6.04 Å². The summed E-state index contributed by atoms with van der Waals surface area (Å²) in [7, 11) is 1.58. The number of carboxylic acids is 1. The van der Waals surface area contributed by atoms with E-state index in [0.29, 0.717) is 11.3 Å². The Morgan fingerprint density at radius 1 is 1.11 bits per heavy atom. The lowest BCUT2D eigenvalue weighted by atomic mass is 10.1. The van der Waals surface area contributed by atoms with E-state index in [0.717, 1.165) is 5.69 Å². The second kappa shape index (κ2) is 5.91. The van der Waals surface area contributed by atoms with Crippen LogP contribution in [0.4, 0.5) is 5.69 Å². The Kier molecular flexibility index (Phi) is 4.03. The Balaban J connectivity index is 2.22. The third-order valence-electron chi connectivity index (χ3n) is 2.78. The van der Waals surface area contributed by atoms with Crippen molar-refractivity contribution in [3.63, 3.8) is 0 Å². The molecule has 0 aliphatic heterocycles. The molecule has 2 aromatic rings. The number of hydrogen-bond donors (Lipinski definition) is 2. The van der Waals surface area contributed by atoms with E-state index in [-0.39, 0.29) is 0 Å². The maximum Gasteiger partial charge on any atom is 0.330 e. The predicted molar refractivity (Wildman–Crippen MR) is 73.4 cm³/mol. The SMILES string of the molecule is COc1ccc(C(Nc2ccccc2)C(=O)O)cc1. The van der Waals surface area contributed by atoms with Crippen LogP contribution in [0, 0.1) is 0 Å². The average Bonchev–Trinajstić information content (AvgIpc) is 2.46. The third-order valence-corrected chi connectivity index (χ3v) is 2.78. The van der Waals surface area contributed by atoms with Gasteiger partial charge in [0.25, 0.3) is 0 Å². The molecular weight excluding hydrogens is 242 g/mol. The van der Waals surface area contributed by atoms with Crippen LogP contribution in [0.3, 0.4) is 0 Å². The molecule has 0 saturated carbocycles. The van der Waals surface area contributed by atoms with Crippen molar-refractivity contribution >= 4 is 11.7 Å². The highest BCUT2D eigenvalue weighted by Gasteiger charge is 2.19. The van der Waals surface area contributed by atoms with Crippen molar-refractivity contribution in [3.05, 3.63) is 60.2 Å². The van der Waals surface area contributed by atoms with Gasteiger partial charge in [0.15, 0.2) is 6.04 Å². The van der Waals surface area contributed by atoms with E-state index in [9.17, 15) is 9.90 Å². The van der Waals surface area contributed by atoms with Crippen LogP contribution in [0.1, 0.15) is 11.6 Å². The van der Waals surface area contributed by atoms with Crippen molar-refractivity contribution in [2.75, 3.05) is 12.4 Å². The first-order valence-corrected chi connectivity index (χ1v) is 5.89. The van der Waals surface area contributed by atoms with Crippen molar-refractivity contribution < 1.29 is 14.6 Å². The molecular formula is C15H15NO3. The molecule has 0 saturated heterocycles. The average molecular weight is 257 g/mol. The number of ether oxygens (including phenoxy) is 1. The van der Waals surface area contributed by atoms with Crippen LogP contribution in [-0.4, -0.2) is 18.2 Å². The van der Waals surface area contributed by atoms with Gasteiger partial charge in [0.1, 0.15) is 5.75 Å². The molecule has 2 aromatic carbocycles. The van der Waals surface area contributed by atoms with Gasteiger partial charge in [0, 0.05) is 5.69 Å². The molecule has 19 heavy (non-hydrogen) atoms. The number of benzene rings is 2. The van der Waals surface area contributed by atoms with Gasteiger partial charge in [0.05, 0.1) is 7.11 Å². The van der Waals surface area contributed by atoms with Crippen molar-refractivity contribution in [3.8, 4) is 5.75 Å². The number of nitrogens with one attached hydrogen (secondary N) is 1. The van der Waals surface area contributed by atoms with Gasteiger partial charge >= 0.3 is 5.97 Å². The van der Waals surface area contributed by atoms with Gasteiger partial charge in [-0.05, 0) is 29.8 Å². The zero-order valence-electron chi connectivity index (χ0n) is 10.5. The van der Waals surface area contributed by atoms with Gasteiger partial charge in [-0.25, -0.2) is 4.79 Å². The standard InChI is InChI=1S/C15H15NO3/c1-19-13-9-7-11(8-10-13)14(15(17)18)16-12-5-3-2-4-6-12/h2-10,14,16H,1H3,(H,17,18). The number of hydrogen-bond acceptors (Lipinski definition) is 3. The highest BCUT2D eigenvalue weighted by molar-refractivity contribution is 5.79. The summed E-state index contributed by atoms with van der Waals surface area (Å²) < 4.78 is 5.06. The maximum absolute atomic E-state index is 11.4. The minimum atomic E-state index is -0.922. The molecule has 0 spiro atoms. The first-order chi connectivity index (χ1) is 9.20. The first kappa shape index (κ1) is 13.0. The Hall–Kier alpha value is -2.49. The molecule has 1 unspecified atom stereocenters. The molecule has 4 heteroatoms. The van der Waals surface area contributed by atoms with E-state index in [2.05, 4.69) is 5.32 Å². The number of para-hydroxylation sites is 1. The zero-order valence-corrected chi connectivity index (χ0v) is 10.5. The van der Waals surface area contributed by atoms with Crippen LogP contribution in [0.15, 0.2) is 54.6 Å². The molecule has 0 aromatic heterocycles. The van der Waals surface area contributed by atoms with E-state index in [1.54, 1.807) is 31.4 Å². The molecule has 0 fully saturated rings. The van der Waals surface area contributed by atoms with Crippen LogP contribution in [0.5, 0.6) is 5.75 Å². The molecule has 0 aliphatic rings. The fraction of sp³-hybridized carbons (Fsp3) is 0.133. The minimum Gasteiger partial charge on any atom is -0.497 e. The Morgan fingerprint density at radius 2 is 1.74 bits per heavy atom. The van der Waals surface area contributed by atoms with Crippen molar-refractivity contribution in [1.82, 2.24) is 0 Å². The summed E-state index contributed by atoms with van der Waals surface area (Å²) in [6, 6.07) is 15.5. The van der Waals surface area contributed by atoms with Crippen LogP contribution in [0.25, 0.3) is 0 Å². The summed E-state index contributed by atoms with van der Waals surface area (Å²) in [6.45, 7) is 0. The highest BCUT2D eigenvalue weighted by Crippen LogP contribution is 2.22. The minimum absolute atomic E-state index is 0.678. The van der Waals surface area contributed by atoms with Crippen LogP contribution in [-0.2, 0) is 4.79 Å². The summed E-state index contributed by atoms with van der Waals surface area (Å²) in [5, 5.41) is 12.3. The summed E-state index contributed by atoms with van der Waals surface area (Å²) in [4.78, 5) is 11.4. The molecule has 2 N–H and O–H groups in total. The summed E-state index contributed by atoms with van der Waals surface area (Å²) in [5.41, 5.74) is 1.45. The quantitative estimate of drug-likeness (QED) is 0.864. The van der Waals surface area contributed by atoms with E-state index in [1.165, 1.54) is 0 Å². The lowest BCUT2D eigenvalue weighted by molar-refractivity contribution is -0.138. The molecule has 4 nitrogen and oxygen atoms in total. The molecule has 0 aliphatic carbocycles. The Morgan fingerprint density at radius 3 is 2.26 bits per heavy atom. The van der Waals surface area contributed by atoms with Gasteiger partial charge < -0.3 is 15.2 Å². The van der Waals surface area contributed by atoms with Gasteiger partial charge in [-0.3, -0.25) is 0 Å². The second-order valence-electron chi connectivity index (χ2n) is 4.05. The second-order valence-corrected chi connectivity index (χ2v) is 4.05. The van der Waals surface area contributed by atoms with Crippen LogP contribution < -0.4 is 10.1 Å². The van der Waals surface area contributed by atoms with Crippen molar-refractivity contribution in [1.29, 1.82) is 0 Å². The third kappa shape index (κ3) is 3.25. The normalized spacial score (nSPS) is 11.6. The molecule has 1 atom stereocenters. The Labute approximate surface area is 111 Å². The lowest BCUT2D eigenvalue weighted by Crippen LogP contribution is -2.20. The van der Waals surface area contributed by atoms with Crippen molar-refractivity contribution in [2.24, 2.45) is 0 Å².